The van der Waals surface area contributed by atoms with E-state index >= 15 is 0 Å². The molecule has 0 aliphatic carbocycles. The van der Waals surface area contributed by atoms with Crippen LogP contribution in [0.4, 0.5) is 0 Å². The van der Waals surface area contributed by atoms with Crippen LogP contribution in [0.25, 0.3) is 28.1 Å². The number of fused-ring (bicyclic) bond motifs is 3. The summed E-state index contributed by atoms with van der Waals surface area (Å²) in [7, 11) is 0. The van der Waals surface area contributed by atoms with E-state index in [9.17, 15) is 4.79 Å². The molecule has 5 heterocycles. The Morgan fingerprint density at radius 2 is 1.94 bits per heavy atom. The van der Waals surface area contributed by atoms with Gasteiger partial charge in [-0.3, -0.25) is 13.9 Å². The Labute approximate surface area is 201 Å². The van der Waals surface area contributed by atoms with Crippen LogP contribution in [0.1, 0.15) is 24.2 Å². The highest BCUT2D eigenvalue weighted by Crippen LogP contribution is 2.30. The van der Waals surface area contributed by atoms with Gasteiger partial charge in [-0.1, -0.05) is 23.7 Å². The molecule has 0 atom stereocenters. The first kappa shape index (κ1) is 20.9. The first-order chi connectivity index (χ1) is 16.6. The minimum atomic E-state index is 0.198. The predicted molar refractivity (Wildman–Crippen MR) is 131 cm³/mol. The summed E-state index contributed by atoms with van der Waals surface area (Å²) < 4.78 is 6.17. The van der Waals surface area contributed by atoms with Crippen LogP contribution in [-0.4, -0.2) is 52.8 Å². The van der Waals surface area contributed by atoms with Crippen LogP contribution in [-0.2, 0) is 17.9 Å². The van der Waals surface area contributed by atoms with Gasteiger partial charge in [0.05, 0.1) is 16.7 Å². The van der Waals surface area contributed by atoms with Gasteiger partial charge in [0.15, 0.2) is 5.65 Å². The van der Waals surface area contributed by atoms with Gasteiger partial charge in [-0.05, 0) is 55.3 Å². The standard InChI is InChI=1S/C25H24ClN7O/c1-17-27-28-24-7-6-21-23(33(17)24)15-22(32(21)16-18-4-2-5-19(26)14-18)20-8-12-31(29-20)13-9-25(34)30-10-3-11-30/h2,4-8,12,14-15H,3,9-11,13,16H2,1H3. The Balaban J connectivity index is 1.40. The number of carbonyl (C=O) groups excluding carboxylic acids is 1. The molecule has 0 unspecified atom stereocenters. The van der Waals surface area contributed by atoms with Crippen LogP contribution in [0.3, 0.4) is 0 Å². The summed E-state index contributed by atoms with van der Waals surface area (Å²) in [6.45, 7) is 4.93. The summed E-state index contributed by atoms with van der Waals surface area (Å²) in [6.07, 6.45) is 3.51. The number of nitrogens with zero attached hydrogens (tertiary/aromatic N) is 7. The van der Waals surface area contributed by atoms with E-state index in [2.05, 4.69) is 37.4 Å². The van der Waals surface area contributed by atoms with Crippen molar-refractivity contribution < 1.29 is 4.79 Å². The van der Waals surface area contributed by atoms with Crippen molar-refractivity contribution >= 4 is 34.2 Å². The number of aromatic nitrogens is 6. The summed E-state index contributed by atoms with van der Waals surface area (Å²) in [6, 6.07) is 16.1. The Morgan fingerprint density at radius 1 is 1.06 bits per heavy atom. The van der Waals surface area contributed by atoms with Crippen molar-refractivity contribution in [1.29, 1.82) is 0 Å². The fourth-order valence-electron chi connectivity index (χ4n) is 4.60. The van der Waals surface area contributed by atoms with Crippen LogP contribution >= 0.6 is 11.6 Å². The van der Waals surface area contributed by atoms with Gasteiger partial charge in [-0.15, -0.1) is 10.2 Å². The van der Waals surface area contributed by atoms with Crippen LogP contribution in [0.2, 0.25) is 5.02 Å². The van der Waals surface area contributed by atoms with Crippen molar-refractivity contribution in [1.82, 2.24) is 33.8 Å². The lowest BCUT2D eigenvalue weighted by Crippen LogP contribution is -2.42. The summed E-state index contributed by atoms with van der Waals surface area (Å²) in [5, 5.41) is 14.1. The zero-order valence-corrected chi connectivity index (χ0v) is 19.6. The van der Waals surface area contributed by atoms with E-state index in [0.29, 0.717) is 24.5 Å². The quantitative estimate of drug-likeness (QED) is 0.371. The highest BCUT2D eigenvalue weighted by molar-refractivity contribution is 6.30. The lowest BCUT2D eigenvalue weighted by Gasteiger charge is -2.30. The highest BCUT2D eigenvalue weighted by atomic mass is 35.5. The minimum Gasteiger partial charge on any atom is -0.343 e. The molecule has 1 aliphatic heterocycles. The smallest absolute Gasteiger partial charge is 0.224 e. The summed E-state index contributed by atoms with van der Waals surface area (Å²) in [5.74, 6) is 1.03. The second kappa shape index (κ2) is 8.29. The molecular weight excluding hydrogens is 450 g/mol. The summed E-state index contributed by atoms with van der Waals surface area (Å²) >= 11 is 6.27. The third-order valence-electron chi connectivity index (χ3n) is 6.49. The number of hydrogen-bond acceptors (Lipinski definition) is 4. The van der Waals surface area contributed by atoms with Gasteiger partial charge in [0.2, 0.25) is 5.91 Å². The zero-order chi connectivity index (χ0) is 23.2. The van der Waals surface area contributed by atoms with E-state index in [-0.39, 0.29) is 5.91 Å². The largest absolute Gasteiger partial charge is 0.343 e. The highest BCUT2D eigenvalue weighted by Gasteiger charge is 2.20. The molecule has 9 heteroatoms. The van der Waals surface area contributed by atoms with Gasteiger partial charge in [0.1, 0.15) is 11.5 Å². The maximum Gasteiger partial charge on any atom is 0.224 e. The first-order valence-electron chi connectivity index (χ1n) is 11.5. The number of benzene rings is 1. The number of hydrogen-bond donors (Lipinski definition) is 0. The molecular formula is C25H24ClN7O. The molecule has 0 N–H and O–H groups in total. The number of likely N-dealkylation sites (tertiary alicyclic amines) is 1. The molecule has 1 aromatic carbocycles. The van der Waals surface area contributed by atoms with Crippen molar-refractivity contribution in [3.05, 3.63) is 71.1 Å². The van der Waals surface area contributed by atoms with Crippen molar-refractivity contribution in [3.8, 4) is 11.4 Å². The Bertz CT molecular complexity index is 1530. The summed E-state index contributed by atoms with van der Waals surface area (Å²) in [4.78, 5) is 14.2. The first-order valence-corrected chi connectivity index (χ1v) is 11.8. The molecule has 172 valence electrons. The van der Waals surface area contributed by atoms with Crippen LogP contribution in [0, 0.1) is 6.92 Å². The van der Waals surface area contributed by atoms with Crippen molar-refractivity contribution in [2.45, 2.75) is 32.9 Å². The van der Waals surface area contributed by atoms with E-state index in [1.807, 2.05) is 53.0 Å². The second-order valence-corrected chi connectivity index (χ2v) is 9.18. The van der Waals surface area contributed by atoms with Gasteiger partial charge in [-0.25, -0.2) is 0 Å². The molecule has 8 nitrogen and oxygen atoms in total. The average Bonchev–Trinajstić information content (AvgIpc) is 3.49. The molecule has 0 radical (unpaired) electrons. The van der Waals surface area contributed by atoms with Crippen molar-refractivity contribution in [3.63, 3.8) is 0 Å². The molecule has 0 spiro atoms. The fourth-order valence-corrected chi connectivity index (χ4v) is 4.81. The van der Waals surface area contributed by atoms with Crippen molar-refractivity contribution in [2.24, 2.45) is 0 Å². The van der Waals surface area contributed by atoms with Gasteiger partial charge in [0, 0.05) is 43.8 Å². The maximum absolute atomic E-state index is 12.3. The van der Waals surface area contributed by atoms with Crippen molar-refractivity contribution in [2.75, 3.05) is 13.1 Å². The molecule has 1 amide bonds. The van der Waals surface area contributed by atoms with Gasteiger partial charge >= 0.3 is 0 Å². The van der Waals surface area contributed by atoms with E-state index < -0.39 is 0 Å². The van der Waals surface area contributed by atoms with Gasteiger partial charge < -0.3 is 9.47 Å². The number of halogens is 1. The predicted octanol–water partition coefficient (Wildman–Crippen LogP) is 4.18. The zero-order valence-electron chi connectivity index (χ0n) is 18.9. The van der Waals surface area contributed by atoms with E-state index in [4.69, 9.17) is 16.7 Å². The lowest BCUT2D eigenvalue weighted by molar-refractivity contribution is -0.134. The molecule has 1 fully saturated rings. The lowest BCUT2D eigenvalue weighted by atomic mass is 10.2. The fraction of sp³-hybridized carbons (Fsp3) is 0.280. The van der Waals surface area contributed by atoms with E-state index in [1.165, 1.54) is 0 Å². The van der Waals surface area contributed by atoms with Gasteiger partial charge in [0.25, 0.3) is 0 Å². The SMILES string of the molecule is Cc1nnc2ccc3c(cc(-c4ccn(CCC(=O)N5CCC5)n4)n3Cc3cccc(Cl)c3)n12. The molecule has 0 saturated carbocycles. The Morgan fingerprint density at radius 3 is 2.74 bits per heavy atom. The molecule has 5 aromatic rings. The van der Waals surface area contributed by atoms with E-state index in [0.717, 1.165) is 59.0 Å². The van der Waals surface area contributed by atoms with E-state index in [1.54, 1.807) is 0 Å². The van der Waals surface area contributed by atoms with Crippen LogP contribution < -0.4 is 0 Å². The topological polar surface area (TPSA) is 73.2 Å². The van der Waals surface area contributed by atoms with Crippen LogP contribution in [0.5, 0.6) is 0 Å². The number of aryl methyl sites for hydroxylation is 2. The molecule has 34 heavy (non-hydrogen) atoms. The molecule has 1 saturated heterocycles. The van der Waals surface area contributed by atoms with Gasteiger partial charge in [-0.2, -0.15) is 5.10 Å². The molecule has 0 bridgehead atoms. The third-order valence-corrected chi connectivity index (χ3v) is 6.73. The normalized spacial score (nSPS) is 13.6. The Hall–Kier alpha value is -3.65. The van der Waals surface area contributed by atoms with Crippen LogP contribution in [0.15, 0.2) is 54.7 Å². The molecule has 1 aliphatic rings. The number of rotatable bonds is 6. The second-order valence-electron chi connectivity index (χ2n) is 8.74. The molecule has 4 aromatic heterocycles. The minimum absolute atomic E-state index is 0.198. The number of carbonyl (C=O) groups is 1. The number of pyridine rings is 1. The number of amides is 1. The molecule has 6 rings (SSSR count). The maximum atomic E-state index is 12.3. The third kappa shape index (κ3) is 3.64. The Kier molecular flexibility index (Phi) is 5.10. The monoisotopic (exact) mass is 473 g/mol. The average molecular weight is 474 g/mol. The summed E-state index contributed by atoms with van der Waals surface area (Å²) in [5.41, 5.74) is 5.85.